The molecule has 1 atom stereocenters. The van der Waals surface area contributed by atoms with Crippen LogP contribution in [0.2, 0.25) is 5.02 Å². The third kappa shape index (κ3) is 4.18. The number of hydrogen-bond acceptors (Lipinski definition) is 4. The number of benzene rings is 2. The van der Waals surface area contributed by atoms with Crippen LogP contribution in [-0.4, -0.2) is 23.5 Å². The summed E-state index contributed by atoms with van der Waals surface area (Å²) in [4.78, 5) is 12.5. The van der Waals surface area contributed by atoms with Crippen LogP contribution in [0.4, 0.5) is 0 Å². The molecule has 0 saturated heterocycles. The molecule has 28 heavy (non-hydrogen) atoms. The number of rotatable bonds is 6. The fourth-order valence-corrected chi connectivity index (χ4v) is 3.26. The number of amides is 1. The number of carbonyl (C=O) groups excluding carboxylic acids is 1. The maximum Gasteiger partial charge on any atom is 0.242 e. The molecule has 0 fully saturated rings. The van der Waals surface area contributed by atoms with Crippen molar-refractivity contribution >= 4 is 23.7 Å². The molecule has 0 bridgehead atoms. The quantitative estimate of drug-likeness (QED) is 0.506. The van der Waals surface area contributed by atoms with Gasteiger partial charge in [0.15, 0.2) is 11.5 Å². The van der Waals surface area contributed by atoms with Gasteiger partial charge in [0.2, 0.25) is 12.7 Å². The minimum Gasteiger partial charge on any atom is -0.454 e. The summed E-state index contributed by atoms with van der Waals surface area (Å²) >= 11 is 6.13. The topological polar surface area (TPSA) is 64.9 Å². The first-order valence-electron chi connectivity index (χ1n) is 8.78. The second-order valence-corrected chi connectivity index (χ2v) is 6.75. The first-order chi connectivity index (χ1) is 13.7. The standard InChI is InChI=1S/C21H18ClN3O3/c22-17-5-3-4-16(11-17)18(25-8-1-2-9-25)12-21(26)24-23-13-15-6-7-19-20(10-15)28-14-27-19/h1-11,13,18H,12,14H2,(H,24,26)/b23-13-/t18-/m0/s1. The van der Waals surface area contributed by atoms with Crippen LogP contribution >= 0.6 is 11.6 Å². The van der Waals surface area contributed by atoms with E-state index in [2.05, 4.69) is 10.5 Å². The lowest BCUT2D eigenvalue weighted by molar-refractivity contribution is -0.121. The van der Waals surface area contributed by atoms with E-state index >= 15 is 0 Å². The molecule has 0 radical (unpaired) electrons. The highest BCUT2D eigenvalue weighted by Crippen LogP contribution is 2.32. The molecular formula is C21H18ClN3O3. The maximum atomic E-state index is 12.5. The number of aromatic nitrogens is 1. The van der Waals surface area contributed by atoms with Crippen molar-refractivity contribution in [2.24, 2.45) is 5.10 Å². The maximum absolute atomic E-state index is 12.5. The number of halogens is 1. The molecule has 0 saturated carbocycles. The van der Waals surface area contributed by atoms with Gasteiger partial charge in [-0.25, -0.2) is 5.43 Å². The normalized spacial score (nSPS) is 13.6. The first-order valence-corrected chi connectivity index (χ1v) is 9.16. The molecule has 2 aromatic carbocycles. The Morgan fingerprint density at radius 1 is 1.14 bits per heavy atom. The molecule has 0 aliphatic carbocycles. The Bertz CT molecular complexity index is 1000. The number of hydrazone groups is 1. The fraction of sp³-hybridized carbons (Fsp3) is 0.143. The fourth-order valence-electron chi connectivity index (χ4n) is 3.06. The number of ether oxygens (including phenoxy) is 2. The summed E-state index contributed by atoms with van der Waals surface area (Å²) in [6, 6.07) is 16.7. The van der Waals surface area contributed by atoms with E-state index in [4.69, 9.17) is 21.1 Å². The summed E-state index contributed by atoms with van der Waals surface area (Å²) in [7, 11) is 0. The molecule has 1 aliphatic rings. The van der Waals surface area contributed by atoms with Crippen molar-refractivity contribution in [1.29, 1.82) is 0 Å². The summed E-state index contributed by atoms with van der Waals surface area (Å²) in [6.07, 6.45) is 5.65. The van der Waals surface area contributed by atoms with Gasteiger partial charge < -0.3 is 14.0 Å². The predicted molar refractivity (Wildman–Crippen MR) is 107 cm³/mol. The molecule has 3 aromatic rings. The van der Waals surface area contributed by atoms with E-state index in [9.17, 15) is 4.79 Å². The van der Waals surface area contributed by atoms with Crippen molar-refractivity contribution in [1.82, 2.24) is 9.99 Å². The van der Waals surface area contributed by atoms with Gasteiger partial charge in [-0.05, 0) is 53.6 Å². The zero-order chi connectivity index (χ0) is 19.3. The van der Waals surface area contributed by atoms with Crippen molar-refractivity contribution in [3.8, 4) is 11.5 Å². The summed E-state index contributed by atoms with van der Waals surface area (Å²) in [5.74, 6) is 1.18. The monoisotopic (exact) mass is 395 g/mol. The Kier molecular flexibility index (Phi) is 5.30. The number of fused-ring (bicyclic) bond motifs is 1. The highest BCUT2D eigenvalue weighted by Gasteiger charge is 2.17. The highest BCUT2D eigenvalue weighted by molar-refractivity contribution is 6.30. The predicted octanol–water partition coefficient (Wildman–Crippen LogP) is 4.00. The average molecular weight is 396 g/mol. The van der Waals surface area contributed by atoms with Crippen LogP contribution in [0, 0.1) is 0 Å². The Labute approximate surface area is 167 Å². The molecule has 1 aliphatic heterocycles. The van der Waals surface area contributed by atoms with Crippen LogP contribution in [0.15, 0.2) is 72.1 Å². The summed E-state index contributed by atoms with van der Waals surface area (Å²) in [5.41, 5.74) is 4.35. The summed E-state index contributed by atoms with van der Waals surface area (Å²) < 4.78 is 12.6. The summed E-state index contributed by atoms with van der Waals surface area (Å²) in [6.45, 7) is 0.219. The number of nitrogens with one attached hydrogen (secondary N) is 1. The van der Waals surface area contributed by atoms with Gasteiger partial charge in [0.05, 0.1) is 18.7 Å². The molecule has 142 valence electrons. The van der Waals surface area contributed by atoms with Crippen LogP contribution in [-0.2, 0) is 4.79 Å². The van der Waals surface area contributed by atoms with Crippen LogP contribution < -0.4 is 14.9 Å². The average Bonchev–Trinajstić information content (AvgIpc) is 3.37. The van der Waals surface area contributed by atoms with Crippen molar-refractivity contribution in [3.63, 3.8) is 0 Å². The van der Waals surface area contributed by atoms with Gasteiger partial charge in [0, 0.05) is 17.4 Å². The lowest BCUT2D eigenvalue weighted by atomic mass is 10.0. The van der Waals surface area contributed by atoms with Gasteiger partial charge in [0.25, 0.3) is 0 Å². The Morgan fingerprint density at radius 3 is 2.79 bits per heavy atom. The van der Waals surface area contributed by atoms with Crippen LogP contribution in [0.3, 0.4) is 0 Å². The van der Waals surface area contributed by atoms with E-state index in [1.165, 1.54) is 0 Å². The van der Waals surface area contributed by atoms with Gasteiger partial charge in [-0.2, -0.15) is 5.10 Å². The SMILES string of the molecule is O=C(C[C@@H](c1cccc(Cl)c1)n1cccc1)N/N=C\c1ccc2c(c1)OCO2. The minimum absolute atomic E-state index is 0.172. The molecule has 0 unspecified atom stereocenters. The van der Waals surface area contributed by atoms with Crippen molar-refractivity contribution in [2.75, 3.05) is 6.79 Å². The van der Waals surface area contributed by atoms with Gasteiger partial charge in [-0.15, -0.1) is 0 Å². The van der Waals surface area contributed by atoms with Crippen molar-refractivity contribution in [3.05, 3.63) is 83.1 Å². The number of carbonyl (C=O) groups is 1. The van der Waals surface area contributed by atoms with Gasteiger partial charge in [0.1, 0.15) is 0 Å². The van der Waals surface area contributed by atoms with E-state index in [1.54, 1.807) is 6.21 Å². The van der Waals surface area contributed by atoms with E-state index < -0.39 is 0 Å². The lowest BCUT2D eigenvalue weighted by Gasteiger charge is -2.19. The lowest BCUT2D eigenvalue weighted by Crippen LogP contribution is -2.23. The second-order valence-electron chi connectivity index (χ2n) is 6.31. The second kappa shape index (κ2) is 8.19. The molecule has 1 aromatic heterocycles. The Hall–Kier alpha value is -3.25. The van der Waals surface area contributed by atoms with Gasteiger partial charge >= 0.3 is 0 Å². The molecule has 2 heterocycles. The molecule has 7 heteroatoms. The van der Waals surface area contributed by atoms with E-state index in [-0.39, 0.29) is 25.2 Å². The van der Waals surface area contributed by atoms with Crippen LogP contribution in [0.5, 0.6) is 11.5 Å². The molecule has 0 spiro atoms. The number of hydrogen-bond donors (Lipinski definition) is 1. The molecule has 6 nitrogen and oxygen atoms in total. The first kappa shape index (κ1) is 18.1. The largest absolute Gasteiger partial charge is 0.454 e. The zero-order valence-corrected chi connectivity index (χ0v) is 15.7. The number of nitrogens with zero attached hydrogens (tertiary/aromatic N) is 2. The Morgan fingerprint density at radius 2 is 1.96 bits per heavy atom. The third-order valence-electron chi connectivity index (χ3n) is 4.40. The Balaban J connectivity index is 1.43. The van der Waals surface area contributed by atoms with E-state index in [0.717, 1.165) is 11.1 Å². The van der Waals surface area contributed by atoms with E-state index in [1.807, 2.05) is 71.6 Å². The molecule has 4 rings (SSSR count). The zero-order valence-electron chi connectivity index (χ0n) is 14.9. The van der Waals surface area contributed by atoms with Crippen molar-refractivity contribution in [2.45, 2.75) is 12.5 Å². The molecule has 1 amide bonds. The summed E-state index contributed by atoms with van der Waals surface area (Å²) in [5, 5.41) is 4.69. The van der Waals surface area contributed by atoms with Gasteiger partial charge in [-0.1, -0.05) is 23.7 Å². The van der Waals surface area contributed by atoms with Gasteiger partial charge in [-0.3, -0.25) is 4.79 Å². The van der Waals surface area contributed by atoms with Crippen molar-refractivity contribution < 1.29 is 14.3 Å². The molecule has 1 N–H and O–H groups in total. The molecular weight excluding hydrogens is 378 g/mol. The minimum atomic E-state index is -0.198. The van der Waals surface area contributed by atoms with E-state index in [0.29, 0.717) is 16.5 Å². The van der Waals surface area contributed by atoms with Crippen LogP contribution in [0.25, 0.3) is 0 Å². The highest BCUT2D eigenvalue weighted by atomic mass is 35.5. The van der Waals surface area contributed by atoms with Crippen LogP contribution in [0.1, 0.15) is 23.6 Å². The smallest absolute Gasteiger partial charge is 0.242 e. The third-order valence-corrected chi connectivity index (χ3v) is 4.63.